The molecule has 8 heteroatoms. The van der Waals surface area contributed by atoms with E-state index in [4.69, 9.17) is 22.8 Å². The van der Waals surface area contributed by atoms with E-state index in [0.29, 0.717) is 0 Å². The van der Waals surface area contributed by atoms with Crippen LogP contribution in [0.25, 0.3) is 0 Å². The van der Waals surface area contributed by atoms with Gasteiger partial charge in [-0.3, -0.25) is 8.42 Å². The number of hydrogen-bond acceptors (Lipinski definition) is 5. The number of nitriles is 1. The van der Waals surface area contributed by atoms with Crippen LogP contribution in [0, 0.1) is 17.2 Å². The molecule has 0 heterocycles. The summed E-state index contributed by atoms with van der Waals surface area (Å²) in [4.78, 5) is 0. The van der Waals surface area contributed by atoms with Crippen LogP contribution in [0.5, 0.6) is 0 Å². The van der Waals surface area contributed by atoms with Crippen molar-refractivity contribution in [2.75, 3.05) is 0 Å². The zero-order chi connectivity index (χ0) is 8.78. The number of rotatable bonds is 0. The van der Waals surface area contributed by atoms with Crippen LogP contribution in [-0.2, 0) is 10.4 Å². The maximum absolute atomic E-state index is 8.52. The van der Waals surface area contributed by atoms with Crippen molar-refractivity contribution in [3.05, 3.63) is 0 Å². The largest absolute Gasteiger partial charge is 1.00 e. The van der Waals surface area contributed by atoms with Gasteiger partial charge in [-0.15, -0.1) is 0 Å². The van der Waals surface area contributed by atoms with Crippen molar-refractivity contribution in [3.63, 3.8) is 0 Å². The average Bonchev–Trinajstić information content (AvgIpc) is 1.61. The molecule has 0 fully saturated rings. The van der Waals surface area contributed by atoms with E-state index in [1.807, 2.05) is 19.9 Å². The van der Waals surface area contributed by atoms with Crippen LogP contribution in [0.3, 0.4) is 0 Å². The Morgan fingerprint density at radius 1 is 1.25 bits per heavy atom. The van der Waals surface area contributed by atoms with Gasteiger partial charge in [0.05, 0.1) is 6.07 Å². The number of hydrogen-bond donors (Lipinski definition) is 0. The van der Waals surface area contributed by atoms with Crippen molar-refractivity contribution >= 4 is 10.4 Å². The molecule has 0 aromatic rings. The monoisotopic (exact) mass is 211 g/mol. The maximum Gasteiger partial charge on any atom is 1.00 e. The van der Waals surface area contributed by atoms with Gasteiger partial charge in [-0.1, -0.05) is 0 Å². The Labute approximate surface area is 117 Å². The third-order valence-electron chi connectivity index (χ3n) is 0.258. The fourth-order valence-electron chi connectivity index (χ4n) is 0. The quantitative estimate of drug-likeness (QED) is 0.225. The SMILES string of the molecule is CC(C)C#N.O=S(=O)([O-])[O-].[Na+].[Na+]. The minimum absolute atomic E-state index is 0. The van der Waals surface area contributed by atoms with Gasteiger partial charge in [-0.05, 0) is 13.8 Å². The summed E-state index contributed by atoms with van der Waals surface area (Å²) in [6.45, 7) is 3.72. The summed E-state index contributed by atoms with van der Waals surface area (Å²) >= 11 is 0. The van der Waals surface area contributed by atoms with Crippen molar-refractivity contribution in [2.24, 2.45) is 5.92 Å². The van der Waals surface area contributed by atoms with Crippen LogP contribution in [0.15, 0.2) is 0 Å². The van der Waals surface area contributed by atoms with Crippen molar-refractivity contribution in [1.82, 2.24) is 0 Å². The van der Waals surface area contributed by atoms with Crippen LogP contribution >= 0.6 is 0 Å². The molecule has 60 valence electrons. The van der Waals surface area contributed by atoms with Gasteiger partial charge in [0.2, 0.25) is 0 Å². The molecular formula is C4H7NNa2O4S. The molecular weight excluding hydrogens is 204 g/mol. The predicted octanol–water partition coefficient (Wildman–Crippen LogP) is -6.16. The minimum Gasteiger partial charge on any atom is -0.759 e. The van der Waals surface area contributed by atoms with E-state index >= 15 is 0 Å². The topological polar surface area (TPSA) is 104 Å². The first-order chi connectivity index (χ1) is 4.27. The van der Waals surface area contributed by atoms with Crippen molar-refractivity contribution < 1.29 is 76.6 Å². The van der Waals surface area contributed by atoms with E-state index < -0.39 is 10.4 Å². The summed E-state index contributed by atoms with van der Waals surface area (Å²) in [6.07, 6.45) is 0. The first kappa shape index (κ1) is 23.3. The first-order valence-electron chi connectivity index (χ1n) is 2.33. The molecule has 5 nitrogen and oxygen atoms in total. The van der Waals surface area contributed by atoms with Gasteiger partial charge in [0, 0.05) is 16.3 Å². The maximum atomic E-state index is 8.52. The average molecular weight is 211 g/mol. The molecule has 0 aromatic carbocycles. The molecule has 0 bridgehead atoms. The van der Waals surface area contributed by atoms with Crippen molar-refractivity contribution in [3.8, 4) is 6.07 Å². The third-order valence-corrected chi connectivity index (χ3v) is 0.258. The second-order valence-electron chi connectivity index (χ2n) is 1.69. The molecule has 0 aliphatic rings. The Kier molecular flexibility index (Phi) is 24.0. The van der Waals surface area contributed by atoms with Gasteiger partial charge in [0.1, 0.15) is 0 Å². The van der Waals surface area contributed by atoms with E-state index in [1.54, 1.807) is 0 Å². The normalized spacial score (nSPS) is 8.00. The first-order valence-corrected chi connectivity index (χ1v) is 3.67. The zero-order valence-electron chi connectivity index (χ0n) is 7.57. The molecule has 0 atom stereocenters. The Balaban J connectivity index is -0.0000000457. The molecule has 0 amide bonds. The van der Waals surface area contributed by atoms with Gasteiger partial charge in [0.25, 0.3) is 0 Å². The Morgan fingerprint density at radius 3 is 1.33 bits per heavy atom. The standard InChI is InChI=1S/C4H7N.2Na.H2O4S/c1-4(2)3-5;;;1-5(2,3)4/h4H,1-2H3;;;(H2,1,2,3,4)/q;2*+1;/p-2. The molecule has 0 rings (SSSR count). The molecule has 0 N–H and O–H groups in total. The van der Waals surface area contributed by atoms with Crippen LogP contribution in [0.4, 0.5) is 0 Å². The van der Waals surface area contributed by atoms with Crippen LogP contribution in [-0.4, -0.2) is 17.5 Å². The van der Waals surface area contributed by atoms with Crippen LogP contribution in [0.2, 0.25) is 0 Å². The smallest absolute Gasteiger partial charge is 0.759 e. The van der Waals surface area contributed by atoms with Gasteiger partial charge in [-0.2, -0.15) is 5.26 Å². The second kappa shape index (κ2) is 12.4. The Bertz CT molecular complexity index is 200. The summed E-state index contributed by atoms with van der Waals surface area (Å²) in [5, 5.41) is 7.89. The molecule has 0 aromatic heterocycles. The molecule has 0 radical (unpaired) electrons. The third kappa shape index (κ3) is 108. The van der Waals surface area contributed by atoms with E-state index in [0.717, 1.165) is 0 Å². The van der Waals surface area contributed by atoms with Crippen molar-refractivity contribution in [2.45, 2.75) is 13.8 Å². The molecule has 0 aliphatic carbocycles. The zero-order valence-corrected chi connectivity index (χ0v) is 12.4. The summed E-state index contributed by atoms with van der Waals surface area (Å²) < 4.78 is 34.1. The van der Waals surface area contributed by atoms with E-state index in [-0.39, 0.29) is 65.0 Å². The van der Waals surface area contributed by atoms with Crippen LogP contribution < -0.4 is 59.1 Å². The predicted molar refractivity (Wildman–Crippen MR) is 30.9 cm³/mol. The van der Waals surface area contributed by atoms with E-state index in [2.05, 4.69) is 0 Å². The van der Waals surface area contributed by atoms with E-state index in [1.165, 1.54) is 0 Å². The van der Waals surface area contributed by atoms with Gasteiger partial charge < -0.3 is 9.11 Å². The fourth-order valence-corrected chi connectivity index (χ4v) is 0. The summed E-state index contributed by atoms with van der Waals surface area (Å²) in [5.41, 5.74) is 0. The summed E-state index contributed by atoms with van der Waals surface area (Å²) in [6, 6.07) is 2.03. The Morgan fingerprint density at radius 2 is 1.33 bits per heavy atom. The fraction of sp³-hybridized carbons (Fsp3) is 0.750. The molecule has 0 saturated carbocycles. The van der Waals surface area contributed by atoms with Gasteiger partial charge in [0.15, 0.2) is 0 Å². The minimum atomic E-state index is -5.17. The second-order valence-corrected chi connectivity index (χ2v) is 2.51. The molecule has 12 heavy (non-hydrogen) atoms. The van der Waals surface area contributed by atoms with Crippen LogP contribution in [0.1, 0.15) is 13.8 Å². The van der Waals surface area contributed by atoms with E-state index in [9.17, 15) is 0 Å². The van der Waals surface area contributed by atoms with Crippen molar-refractivity contribution in [1.29, 1.82) is 5.26 Å². The summed E-state index contributed by atoms with van der Waals surface area (Å²) in [7, 11) is -5.17. The van der Waals surface area contributed by atoms with Gasteiger partial charge in [-0.25, -0.2) is 0 Å². The molecule has 0 saturated heterocycles. The Hall–Kier alpha value is 1.36. The molecule has 0 unspecified atom stereocenters. The number of nitrogens with zero attached hydrogens (tertiary/aromatic N) is 1. The molecule has 0 spiro atoms. The molecule has 0 aliphatic heterocycles. The van der Waals surface area contributed by atoms with Gasteiger partial charge >= 0.3 is 59.1 Å². The summed E-state index contributed by atoms with van der Waals surface area (Å²) in [5.74, 6) is 0.190.